The van der Waals surface area contributed by atoms with Crippen molar-refractivity contribution in [3.8, 4) is 11.5 Å². The summed E-state index contributed by atoms with van der Waals surface area (Å²) in [5.74, 6) is 0.801. The van der Waals surface area contributed by atoms with Gasteiger partial charge in [0, 0.05) is 147 Å². The first-order valence-electron chi connectivity index (χ1n) is 31.4. The van der Waals surface area contributed by atoms with Crippen LogP contribution in [0.3, 0.4) is 0 Å². The number of rotatable bonds is 30. The van der Waals surface area contributed by atoms with Crippen molar-refractivity contribution in [2.75, 3.05) is 128 Å². The number of ether oxygens (including phenoxy) is 4. The molecule has 8 aromatic rings. The van der Waals surface area contributed by atoms with Gasteiger partial charge in [0.15, 0.2) is 13.5 Å². The lowest BCUT2D eigenvalue weighted by Crippen LogP contribution is -2.46. The number of esters is 2. The maximum absolute atomic E-state index is 13.0. The number of aromatic nitrogens is 2. The fourth-order valence-corrected chi connectivity index (χ4v) is 14.0. The number of benzene rings is 4. The number of hydrogen-bond acceptors (Lipinski definition) is 16. The summed E-state index contributed by atoms with van der Waals surface area (Å²) in [5.41, 5.74) is 3.63. The van der Waals surface area contributed by atoms with Gasteiger partial charge in [0.1, 0.15) is 11.5 Å². The van der Waals surface area contributed by atoms with Gasteiger partial charge in [-0.05, 0) is 172 Å². The third kappa shape index (κ3) is 16.4. The van der Waals surface area contributed by atoms with Gasteiger partial charge in [-0.25, -0.2) is 0 Å². The van der Waals surface area contributed by atoms with E-state index in [1.807, 2.05) is 36.4 Å². The summed E-state index contributed by atoms with van der Waals surface area (Å²) in [6, 6.07) is 35.9. The molecule has 3 aliphatic rings. The molecule has 0 atom stereocenters. The molecule has 0 unspecified atom stereocenters. The first-order valence-corrected chi connectivity index (χ1v) is 33.2. The average Bonchev–Trinajstić information content (AvgIpc) is 4.42. The lowest BCUT2D eigenvalue weighted by Gasteiger charge is -2.36. The number of carbonyl (C=O) groups is 2. The monoisotopic (exact) mass is 1200 g/mol. The average molecular weight is 1210 g/mol. The number of hydrogen-bond donors (Lipinski definition) is 0. The van der Waals surface area contributed by atoms with E-state index >= 15 is 0 Å². The fourth-order valence-electron chi connectivity index (χ4n) is 12.4. The predicted octanol–water partition coefficient (Wildman–Crippen LogP) is 11.1. The quantitative estimate of drug-likeness (QED) is 0.0312. The number of piperazine rings is 3. The molecule has 0 spiro atoms. The zero-order valence-corrected chi connectivity index (χ0v) is 51.5. The van der Waals surface area contributed by atoms with E-state index in [0.717, 1.165) is 180 Å². The number of pyridine rings is 2. The molecule has 3 aliphatic heterocycles. The van der Waals surface area contributed by atoms with Crippen LogP contribution >= 0.6 is 22.7 Å². The Labute approximate surface area is 513 Å². The van der Waals surface area contributed by atoms with E-state index in [2.05, 4.69) is 88.7 Å². The van der Waals surface area contributed by atoms with Gasteiger partial charge in [0.2, 0.25) is 0 Å². The molecule has 4 aromatic heterocycles. The van der Waals surface area contributed by atoms with Crippen LogP contribution < -0.4 is 30.4 Å². The highest BCUT2D eigenvalue weighted by molar-refractivity contribution is 7.17. The minimum absolute atomic E-state index is 0.130. The van der Waals surface area contributed by atoms with Crippen LogP contribution in [-0.2, 0) is 32.5 Å². The van der Waals surface area contributed by atoms with Gasteiger partial charge in [-0.3, -0.25) is 38.1 Å². The topological polar surface area (TPSA) is 134 Å². The summed E-state index contributed by atoms with van der Waals surface area (Å²) in [6.07, 6.45) is 9.97. The molecular formula is C68H84N8O8S2. The Morgan fingerprint density at radius 3 is 1.21 bits per heavy atom. The van der Waals surface area contributed by atoms with Crippen molar-refractivity contribution >= 4 is 88.0 Å². The predicted molar refractivity (Wildman–Crippen MR) is 349 cm³/mol. The Morgan fingerprint density at radius 2 is 0.791 bits per heavy atom. The molecule has 0 aliphatic carbocycles. The molecule has 0 N–H and O–H groups in total. The highest BCUT2D eigenvalue weighted by atomic mass is 32.1. The van der Waals surface area contributed by atoms with Crippen molar-refractivity contribution in [2.24, 2.45) is 0 Å². The van der Waals surface area contributed by atoms with Gasteiger partial charge in [-0.2, -0.15) is 0 Å². The number of thiophene rings is 2. The van der Waals surface area contributed by atoms with E-state index in [1.54, 1.807) is 34.8 Å². The Hall–Kier alpha value is -6.80. The van der Waals surface area contributed by atoms with E-state index in [0.29, 0.717) is 48.6 Å². The molecule has 3 saturated heterocycles. The molecular weight excluding hydrogens is 1120 g/mol. The summed E-state index contributed by atoms with van der Waals surface area (Å²) in [6.45, 7) is 17.4. The summed E-state index contributed by atoms with van der Waals surface area (Å²) < 4.78 is 29.3. The third-order valence-electron chi connectivity index (χ3n) is 17.5. The molecule has 0 bridgehead atoms. The molecule has 16 nitrogen and oxygen atoms in total. The molecule has 11 rings (SSSR count). The number of unbranched alkanes of at least 4 members (excludes halogenated alkanes) is 6. The van der Waals surface area contributed by atoms with Crippen LogP contribution in [0.4, 0.5) is 11.4 Å². The minimum atomic E-state index is -0.299. The minimum Gasteiger partial charge on any atom is -0.494 e. The number of anilines is 2. The molecule has 18 heteroatoms. The van der Waals surface area contributed by atoms with Gasteiger partial charge < -0.3 is 38.5 Å². The van der Waals surface area contributed by atoms with Crippen LogP contribution in [0.1, 0.15) is 77.0 Å². The summed E-state index contributed by atoms with van der Waals surface area (Å²) in [4.78, 5) is 66.8. The zero-order chi connectivity index (χ0) is 58.9. The molecule has 86 heavy (non-hydrogen) atoms. The highest BCUT2D eigenvalue weighted by Crippen LogP contribution is 2.33. The lowest BCUT2D eigenvalue weighted by atomic mass is 10.1. The van der Waals surface area contributed by atoms with Crippen molar-refractivity contribution in [3.63, 3.8) is 0 Å². The van der Waals surface area contributed by atoms with Gasteiger partial charge in [-0.1, -0.05) is 25.0 Å². The zero-order valence-electron chi connectivity index (χ0n) is 49.8. The maximum Gasteiger partial charge on any atom is 0.307 e. The largest absolute Gasteiger partial charge is 0.494 e. The van der Waals surface area contributed by atoms with E-state index in [4.69, 9.17) is 18.9 Å². The Morgan fingerprint density at radius 1 is 0.407 bits per heavy atom. The second-order valence-corrected chi connectivity index (χ2v) is 25.1. The van der Waals surface area contributed by atoms with Gasteiger partial charge >= 0.3 is 11.9 Å². The first-order chi connectivity index (χ1) is 42.3. The second kappa shape index (κ2) is 30.7. The first kappa shape index (κ1) is 60.9. The van der Waals surface area contributed by atoms with Crippen LogP contribution in [-0.4, -0.2) is 159 Å². The number of carbonyl (C=O) groups excluding carboxylic acids is 2. The lowest BCUT2D eigenvalue weighted by molar-refractivity contribution is -0.148. The van der Waals surface area contributed by atoms with Gasteiger partial charge in [-0.15, -0.1) is 22.7 Å². The van der Waals surface area contributed by atoms with Crippen LogP contribution in [0.25, 0.3) is 42.0 Å². The van der Waals surface area contributed by atoms with Crippen molar-refractivity contribution < 1.29 is 28.5 Å². The van der Waals surface area contributed by atoms with E-state index in [9.17, 15) is 19.2 Å². The summed E-state index contributed by atoms with van der Waals surface area (Å²) >= 11 is 3.60. The van der Waals surface area contributed by atoms with Crippen LogP contribution in [0, 0.1) is 0 Å². The van der Waals surface area contributed by atoms with E-state index in [-0.39, 0.29) is 36.5 Å². The standard InChI is InChI=1S/C68H84N8O8S2/c77-65-25-21-53-19-23-55(81-45-9-7-31-71-37-41-73(42-38-71)59-13-11-15-63-57(59)27-47-85-63)49-61(53)75(65)51-83-67(79)17-3-1-5-29-69-33-35-70(36-34-69)30-6-2-4-18-68(80)84-52-76-62-50-56(24-20-54(62)22-26-66(76)78)82-46-10-8-32-72-39-43-74(44-40-72)60-14-12-16-64-58(60)28-48-86-64/h11-16,19-28,47-50H,1-10,17-18,29-46,51-52H2. The number of nitrogens with zero attached hydrogens (tertiary/aromatic N) is 8. The van der Waals surface area contributed by atoms with E-state index < -0.39 is 0 Å². The Bertz CT molecular complexity index is 3380. The molecule has 0 saturated carbocycles. The molecule has 456 valence electrons. The van der Waals surface area contributed by atoms with Gasteiger partial charge in [0.05, 0.1) is 24.2 Å². The molecule has 0 radical (unpaired) electrons. The van der Waals surface area contributed by atoms with E-state index in [1.165, 1.54) is 52.8 Å². The fraction of sp³-hybridized carbons (Fsp3) is 0.471. The van der Waals surface area contributed by atoms with Crippen molar-refractivity contribution in [1.29, 1.82) is 0 Å². The molecule has 3 fully saturated rings. The number of fused-ring (bicyclic) bond motifs is 4. The van der Waals surface area contributed by atoms with Crippen LogP contribution in [0.2, 0.25) is 0 Å². The molecule has 7 heterocycles. The van der Waals surface area contributed by atoms with Crippen molar-refractivity contribution in [2.45, 2.75) is 90.5 Å². The van der Waals surface area contributed by atoms with Crippen molar-refractivity contribution in [1.82, 2.24) is 28.7 Å². The normalized spacial score (nSPS) is 15.8. The highest BCUT2D eigenvalue weighted by Gasteiger charge is 2.22. The Balaban J connectivity index is 0.504. The van der Waals surface area contributed by atoms with Crippen molar-refractivity contribution in [3.05, 3.63) is 141 Å². The van der Waals surface area contributed by atoms with Gasteiger partial charge in [0.25, 0.3) is 11.1 Å². The summed E-state index contributed by atoms with van der Waals surface area (Å²) in [5, 5.41) is 8.84. The maximum atomic E-state index is 13.0. The Kier molecular flexibility index (Phi) is 21.7. The molecule has 0 amide bonds. The second-order valence-electron chi connectivity index (χ2n) is 23.2. The smallest absolute Gasteiger partial charge is 0.307 e. The summed E-state index contributed by atoms with van der Waals surface area (Å²) in [7, 11) is 0. The molecule has 4 aromatic carbocycles. The SMILES string of the molecule is O=C(CCCCCN1CCN(CCCCCC(=O)OCn2c(=O)ccc3ccc(OCCCCN4CCN(c5cccc6sccc56)CC4)cc32)CC1)OCn1c(=O)ccc2ccc(OCCCCN3CCN(c4cccc5sccc45)CC3)cc21. The third-order valence-corrected chi connectivity index (χ3v) is 19.2. The van der Waals surface area contributed by atoms with Crippen LogP contribution in [0.5, 0.6) is 11.5 Å². The van der Waals surface area contributed by atoms with Crippen LogP contribution in [0.15, 0.2) is 130 Å².